The first-order chi connectivity index (χ1) is 21.4. The van der Waals surface area contributed by atoms with Crippen molar-refractivity contribution in [2.75, 3.05) is 53.5 Å². The number of fused-ring (bicyclic) bond motifs is 1. The van der Waals surface area contributed by atoms with Crippen molar-refractivity contribution in [1.29, 1.82) is 0 Å². The Morgan fingerprint density at radius 3 is 2.60 bits per heavy atom. The number of aromatic nitrogens is 2. The predicted octanol–water partition coefficient (Wildman–Crippen LogP) is 5.00. The van der Waals surface area contributed by atoms with Crippen LogP contribution in [0.25, 0.3) is 10.9 Å². The zero-order valence-corrected chi connectivity index (χ0v) is 27.2. The Morgan fingerprint density at radius 1 is 1.13 bits per heavy atom. The maximum Gasteiger partial charge on any atom is 0.250 e. The Hall–Kier alpha value is -4.22. The van der Waals surface area contributed by atoms with Gasteiger partial charge in [-0.2, -0.15) is 4.99 Å². The molecule has 1 aromatic heterocycles. The van der Waals surface area contributed by atoms with Crippen LogP contribution < -0.4 is 19.9 Å². The zero-order valence-electron chi connectivity index (χ0n) is 27.2. The standard InChI is InChI=1S/C34H46N6O5/c1-23(32(42)38-31(35)21-30(41)34(2,3)4)10-11-24-8-7-9-25(18-24)45-33-26-19-29(28(43-6)20-27(26)36-22-37-33)44-17-16-40-14-12-39(5)13-15-40/h7-9,18-23,41H,10-17H2,1-6H3,(H2,35,38,42)/b30-21-. The van der Waals surface area contributed by atoms with E-state index in [0.29, 0.717) is 53.5 Å². The lowest BCUT2D eigenvalue weighted by Gasteiger charge is -2.32. The van der Waals surface area contributed by atoms with Crippen LogP contribution in [0.4, 0.5) is 0 Å². The van der Waals surface area contributed by atoms with Crippen LogP contribution in [0, 0.1) is 11.3 Å². The van der Waals surface area contributed by atoms with Crippen LogP contribution in [0.5, 0.6) is 23.1 Å². The Bertz CT molecular complexity index is 1530. The van der Waals surface area contributed by atoms with Gasteiger partial charge in [-0.05, 0) is 43.7 Å². The highest BCUT2D eigenvalue weighted by molar-refractivity contribution is 6.00. The second-order valence-corrected chi connectivity index (χ2v) is 12.5. The normalized spacial score (nSPS) is 16.0. The number of nitrogens with zero attached hydrogens (tertiary/aromatic N) is 5. The number of hydrogen-bond acceptors (Lipinski definition) is 9. The number of likely N-dealkylation sites (N-methyl/N-ethyl adjacent to an activating group) is 1. The number of aliphatic hydroxyl groups is 1. The number of nitrogens with two attached hydrogens (primary N) is 1. The van der Waals surface area contributed by atoms with Gasteiger partial charge < -0.3 is 30.0 Å². The summed E-state index contributed by atoms with van der Waals surface area (Å²) in [6, 6.07) is 11.4. The minimum atomic E-state index is -0.479. The summed E-state index contributed by atoms with van der Waals surface area (Å²) in [6.07, 6.45) is 4.00. The molecule has 45 heavy (non-hydrogen) atoms. The molecule has 1 aliphatic heterocycles. The van der Waals surface area contributed by atoms with Crippen LogP contribution in [0.2, 0.25) is 0 Å². The van der Waals surface area contributed by atoms with Crippen LogP contribution in [0.1, 0.15) is 39.7 Å². The highest BCUT2D eigenvalue weighted by Crippen LogP contribution is 2.36. The van der Waals surface area contributed by atoms with Crippen molar-refractivity contribution in [3.63, 3.8) is 0 Å². The number of aryl methyl sites for hydroxylation is 1. The van der Waals surface area contributed by atoms with E-state index in [4.69, 9.17) is 19.9 Å². The smallest absolute Gasteiger partial charge is 0.250 e. The second kappa shape index (κ2) is 15.2. The average Bonchev–Trinajstić information content (AvgIpc) is 3.00. The van der Waals surface area contributed by atoms with E-state index in [-0.39, 0.29) is 23.4 Å². The molecule has 2 aromatic carbocycles. The van der Waals surface area contributed by atoms with Gasteiger partial charge in [0, 0.05) is 56.2 Å². The van der Waals surface area contributed by atoms with Gasteiger partial charge in [0.2, 0.25) is 11.8 Å². The van der Waals surface area contributed by atoms with E-state index in [0.717, 1.165) is 38.3 Å². The van der Waals surface area contributed by atoms with Crippen molar-refractivity contribution in [3.05, 3.63) is 60.1 Å². The number of carbonyl (C=O) groups excluding carboxylic acids is 1. The van der Waals surface area contributed by atoms with Crippen molar-refractivity contribution in [2.45, 2.75) is 40.5 Å². The molecular formula is C34H46N6O5. The summed E-state index contributed by atoms with van der Waals surface area (Å²) in [6.45, 7) is 12.9. The Balaban J connectivity index is 1.41. The van der Waals surface area contributed by atoms with Gasteiger partial charge in [-0.3, -0.25) is 9.69 Å². The summed E-state index contributed by atoms with van der Waals surface area (Å²) in [5.41, 5.74) is 7.08. The molecule has 0 aliphatic carbocycles. The zero-order chi connectivity index (χ0) is 32.6. The van der Waals surface area contributed by atoms with Gasteiger partial charge in [-0.1, -0.05) is 39.8 Å². The van der Waals surface area contributed by atoms with Crippen molar-refractivity contribution >= 4 is 22.6 Å². The maximum atomic E-state index is 12.6. The Kier molecular flexibility index (Phi) is 11.4. The minimum Gasteiger partial charge on any atom is -0.512 e. The molecule has 0 bridgehead atoms. The first-order valence-electron chi connectivity index (χ1n) is 15.4. The van der Waals surface area contributed by atoms with E-state index in [1.807, 2.05) is 64.1 Å². The monoisotopic (exact) mass is 618 g/mol. The van der Waals surface area contributed by atoms with Crippen molar-refractivity contribution in [1.82, 2.24) is 19.8 Å². The number of ether oxygens (including phenoxy) is 3. The van der Waals surface area contributed by atoms with Gasteiger partial charge in [0.05, 0.1) is 18.0 Å². The molecule has 0 saturated carbocycles. The minimum absolute atomic E-state index is 0.00652. The molecule has 3 N–H and O–H groups in total. The molecule has 1 amide bonds. The lowest BCUT2D eigenvalue weighted by molar-refractivity contribution is -0.121. The summed E-state index contributed by atoms with van der Waals surface area (Å²) >= 11 is 0. The van der Waals surface area contributed by atoms with E-state index in [2.05, 4.69) is 31.8 Å². The highest BCUT2D eigenvalue weighted by atomic mass is 16.5. The number of amidine groups is 1. The molecule has 0 radical (unpaired) electrons. The van der Waals surface area contributed by atoms with Gasteiger partial charge >= 0.3 is 0 Å². The van der Waals surface area contributed by atoms with Crippen LogP contribution in [0.3, 0.4) is 0 Å². The van der Waals surface area contributed by atoms with Gasteiger partial charge in [-0.15, -0.1) is 0 Å². The van der Waals surface area contributed by atoms with Crippen LogP contribution in [0.15, 0.2) is 59.6 Å². The van der Waals surface area contributed by atoms with Crippen molar-refractivity contribution in [3.8, 4) is 23.1 Å². The first-order valence-corrected chi connectivity index (χ1v) is 15.4. The number of carbonyl (C=O) groups is 1. The van der Waals surface area contributed by atoms with E-state index in [1.54, 1.807) is 7.11 Å². The number of amides is 1. The summed E-state index contributed by atoms with van der Waals surface area (Å²) in [5, 5.41) is 10.8. The molecule has 11 nitrogen and oxygen atoms in total. The Labute approximate surface area is 265 Å². The van der Waals surface area contributed by atoms with Crippen LogP contribution in [-0.2, 0) is 11.2 Å². The summed E-state index contributed by atoms with van der Waals surface area (Å²) in [4.78, 5) is 30.2. The lowest BCUT2D eigenvalue weighted by atomic mass is 9.93. The SMILES string of the molecule is COc1cc2ncnc(Oc3cccc(CCC(C)C(=O)N=C(N)/C=C(\O)C(C)(C)C)c3)c2cc1OCCN1CCN(C)CC1. The quantitative estimate of drug-likeness (QED) is 0.162. The molecule has 11 heteroatoms. The fourth-order valence-electron chi connectivity index (χ4n) is 4.76. The fourth-order valence-corrected chi connectivity index (χ4v) is 4.76. The fraction of sp³-hybridized carbons (Fsp3) is 0.471. The van der Waals surface area contributed by atoms with Gasteiger partial charge in [-0.25, -0.2) is 9.97 Å². The summed E-state index contributed by atoms with van der Waals surface area (Å²) < 4.78 is 18.0. The number of aliphatic imine (C=N–C) groups is 1. The third kappa shape index (κ3) is 9.63. The number of rotatable bonds is 12. The Morgan fingerprint density at radius 2 is 1.89 bits per heavy atom. The molecule has 0 spiro atoms. The summed E-state index contributed by atoms with van der Waals surface area (Å²) in [5.74, 6) is 1.61. The number of piperazine rings is 1. The van der Waals surface area contributed by atoms with Crippen molar-refractivity contribution in [2.24, 2.45) is 22.1 Å². The molecule has 1 saturated heterocycles. The molecule has 1 atom stereocenters. The molecule has 3 aromatic rings. The van der Waals surface area contributed by atoms with E-state index < -0.39 is 5.41 Å². The summed E-state index contributed by atoms with van der Waals surface area (Å²) in [7, 11) is 3.76. The number of aliphatic hydroxyl groups excluding tert-OH is 1. The number of benzene rings is 2. The number of allylic oxidation sites excluding steroid dienone is 1. The molecule has 4 rings (SSSR count). The topological polar surface area (TPSA) is 136 Å². The van der Waals surface area contributed by atoms with Gasteiger partial charge in [0.1, 0.15) is 30.3 Å². The highest BCUT2D eigenvalue weighted by Gasteiger charge is 2.19. The first kappa shape index (κ1) is 33.7. The molecule has 2 heterocycles. The predicted molar refractivity (Wildman–Crippen MR) is 176 cm³/mol. The molecule has 242 valence electrons. The van der Waals surface area contributed by atoms with E-state index in [1.165, 1.54) is 12.4 Å². The largest absolute Gasteiger partial charge is 0.512 e. The average molecular weight is 619 g/mol. The molecule has 1 fully saturated rings. The lowest BCUT2D eigenvalue weighted by Crippen LogP contribution is -2.45. The molecule has 1 aliphatic rings. The second-order valence-electron chi connectivity index (χ2n) is 12.5. The van der Waals surface area contributed by atoms with Crippen molar-refractivity contribution < 1.29 is 24.1 Å². The third-order valence-electron chi connectivity index (χ3n) is 7.84. The van der Waals surface area contributed by atoms with Gasteiger partial charge in [0.15, 0.2) is 11.5 Å². The van der Waals surface area contributed by atoms with Crippen LogP contribution >= 0.6 is 0 Å². The van der Waals surface area contributed by atoms with Crippen LogP contribution in [-0.4, -0.2) is 90.1 Å². The number of methoxy groups -OCH3 is 1. The third-order valence-corrected chi connectivity index (χ3v) is 7.84. The molecule has 1 unspecified atom stereocenters. The van der Waals surface area contributed by atoms with Gasteiger partial charge in [0.25, 0.3) is 0 Å². The van der Waals surface area contributed by atoms with E-state index in [9.17, 15) is 9.90 Å². The number of hydrogen-bond donors (Lipinski definition) is 2. The molecular weight excluding hydrogens is 572 g/mol. The van der Waals surface area contributed by atoms with E-state index >= 15 is 0 Å². The maximum absolute atomic E-state index is 12.6.